The molecule has 0 aliphatic carbocycles. The van der Waals surface area contributed by atoms with Gasteiger partial charge in [0.25, 0.3) is 0 Å². The number of anilines is 3. The molecule has 4 aromatic rings. The van der Waals surface area contributed by atoms with Crippen molar-refractivity contribution in [3.05, 3.63) is 66.2 Å². The van der Waals surface area contributed by atoms with Gasteiger partial charge in [-0.05, 0) is 42.0 Å². The number of rotatable bonds is 9. The van der Waals surface area contributed by atoms with Gasteiger partial charge in [-0.1, -0.05) is 18.2 Å². The van der Waals surface area contributed by atoms with E-state index >= 15 is 0 Å². The van der Waals surface area contributed by atoms with Crippen molar-refractivity contribution in [1.29, 1.82) is 0 Å². The van der Waals surface area contributed by atoms with Gasteiger partial charge in [0.1, 0.15) is 11.6 Å². The third-order valence-corrected chi connectivity index (χ3v) is 6.12. The normalized spacial score (nSPS) is 11.2. The van der Waals surface area contributed by atoms with E-state index in [9.17, 15) is 8.42 Å². The van der Waals surface area contributed by atoms with Crippen molar-refractivity contribution in [3.63, 3.8) is 0 Å². The lowest BCUT2D eigenvalue weighted by molar-refractivity contribution is 0.356. The van der Waals surface area contributed by atoms with Crippen molar-refractivity contribution < 1.29 is 22.6 Å². The lowest BCUT2D eigenvalue weighted by Gasteiger charge is -2.15. The minimum atomic E-state index is -3.86. The summed E-state index contributed by atoms with van der Waals surface area (Å²) in [6.07, 6.45) is 0. The molecule has 0 saturated carbocycles. The van der Waals surface area contributed by atoms with E-state index in [0.29, 0.717) is 35.1 Å². The second-order valence-electron chi connectivity index (χ2n) is 7.52. The van der Waals surface area contributed by atoms with E-state index in [0.717, 1.165) is 16.7 Å². The predicted molar refractivity (Wildman–Crippen MR) is 134 cm³/mol. The van der Waals surface area contributed by atoms with Gasteiger partial charge >= 0.3 is 0 Å². The summed E-state index contributed by atoms with van der Waals surface area (Å²) in [4.78, 5) is 9.20. The molecule has 10 nitrogen and oxygen atoms in total. The van der Waals surface area contributed by atoms with Gasteiger partial charge in [0.05, 0.1) is 31.7 Å². The maximum Gasteiger partial charge on any atom is 0.238 e. The van der Waals surface area contributed by atoms with Gasteiger partial charge in [-0.2, -0.15) is 4.98 Å². The Morgan fingerprint density at radius 3 is 2.34 bits per heavy atom. The second kappa shape index (κ2) is 10.0. The molecule has 0 bridgehead atoms. The highest BCUT2D eigenvalue weighted by Crippen LogP contribution is 2.35. The van der Waals surface area contributed by atoms with Crippen LogP contribution >= 0.6 is 0 Å². The molecule has 4 N–H and O–H groups in total. The van der Waals surface area contributed by atoms with Crippen LogP contribution in [0.25, 0.3) is 10.9 Å². The molecule has 0 spiro atoms. The molecule has 0 aliphatic rings. The van der Waals surface area contributed by atoms with Gasteiger partial charge in [-0.25, -0.2) is 18.5 Å². The third kappa shape index (κ3) is 5.53. The van der Waals surface area contributed by atoms with Gasteiger partial charge in [-0.3, -0.25) is 0 Å². The molecule has 35 heavy (non-hydrogen) atoms. The zero-order valence-electron chi connectivity index (χ0n) is 19.4. The molecule has 0 radical (unpaired) electrons. The fourth-order valence-electron chi connectivity index (χ4n) is 3.49. The molecule has 0 aliphatic heterocycles. The van der Waals surface area contributed by atoms with Gasteiger partial charge < -0.3 is 24.8 Å². The number of methoxy groups -OCH3 is 3. The molecule has 182 valence electrons. The van der Waals surface area contributed by atoms with Gasteiger partial charge in [0, 0.05) is 23.7 Å². The van der Waals surface area contributed by atoms with Crippen LogP contribution in [0.15, 0.2) is 65.6 Å². The van der Waals surface area contributed by atoms with E-state index in [4.69, 9.17) is 19.3 Å². The van der Waals surface area contributed by atoms with Gasteiger partial charge in [0.2, 0.25) is 16.0 Å². The zero-order chi connectivity index (χ0) is 25.0. The average Bonchev–Trinajstić information content (AvgIpc) is 2.86. The molecule has 1 aromatic heterocycles. The van der Waals surface area contributed by atoms with E-state index in [1.165, 1.54) is 12.1 Å². The van der Waals surface area contributed by atoms with Gasteiger partial charge in [0.15, 0.2) is 11.5 Å². The molecule has 0 fully saturated rings. The molecule has 3 aromatic carbocycles. The number of sulfonamides is 1. The SMILES string of the molecule is COc1cccc(CNc2nc(Nc3cccc(S(N)(=O)=O)c3)nc3cc(OC)c(OC)cc23)c1. The molecular formula is C24H25N5O5S. The second-order valence-corrected chi connectivity index (χ2v) is 9.08. The smallest absolute Gasteiger partial charge is 0.238 e. The standard InChI is InChI=1S/C24H25N5O5S/c1-32-17-8-4-6-15(10-17)14-26-23-19-12-21(33-2)22(34-3)13-20(19)28-24(29-23)27-16-7-5-9-18(11-16)35(25,30)31/h4-13H,14H2,1-3H3,(H2,25,30,31)(H2,26,27,28,29). The first-order chi connectivity index (χ1) is 16.8. The molecule has 1 heterocycles. The highest BCUT2D eigenvalue weighted by atomic mass is 32.2. The number of ether oxygens (including phenoxy) is 3. The van der Waals surface area contributed by atoms with Crippen LogP contribution in [0.2, 0.25) is 0 Å². The number of benzene rings is 3. The monoisotopic (exact) mass is 495 g/mol. The number of nitrogens with one attached hydrogen (secondary N) is 2. The van der Waals surface area contributed by atoms with Crippen molar-refractivity contribution in [3.8, 4) is 17.2 Å². The summed E-state index contributed by atoms with van der Waals surface area (Å²) in [6.45, 7) is 0.470. The number of nitrogens with two attached hydrogens (primary N) is 1. The third-order valence-electron chi connectivity index (χ3n) is 5.21. The Bertz CT molecular complexity index is 1480. The van der Waals surface area contributed by atoms with E-state index in [2.05, 4.69) is 20.6 Å². The Hall–Kier alpha value is -4.09. The number of hydrogen-bond donors (Lipinski definition) is 3. The summed E-state index contributed by atoms with van der Waals surface area (Å²) in [6, 6.07) is 17.3. The number of hydrogen-bond acceptors (Lipinski definition) is 9. The summed E-state index contributed by atoms with van der Waals surface area (Å²) in [5.74, 6) is 2.60. The Morgan fingerprint density at radius 2 is 1.63 bits per heavy atom. The first kappa shape index (κ1) is 24.0. The summed E-state index contributed by atoms with van der Waals surface area (Å²) >= 11 is 0. The molecule has 4 rings (SSSR count). The fourth-order valence-corrected chi connectivity index (χ4v) is 4.05. The fraction of sp³-hybridized carbons (Fsp3) is 0.167. The van der Waals surface area contributed by atoms with Crippen LogP contribution in [-0.2, 0) is 16.6 Å². The van der Waals surface area contributed by atoms with Gasteiger partial charge in [-0.15, -0.1) is 0 Å². The minimum Gasteiger partial charge on any atom is -0.497 e. The average molecular weight is 496 g/mol. The highest BCUT2D eigenvalue weighted by Gasteiger charge is 2.15. The maximum atomic E-state index is 11.7. The lowest BCUT2D eigenvalue weighted by atomic mass is 10.2. The van der Waals surface area contributed by atoms with Crippen molar-refractivity contribution in [2.45, 2.75) is 11.4 Å². The van der Waals surface area contributed by atoms with Crippen LogP contribution < -0.4 is 30.0 Å². The highest BCUT2D eigenvalue weighted by molar-refractivity contribution is 7.89. The summed E-state index contributed by atoms with van der Waals surface area (Å²) < 4.78 is 39.7. The number of fused-ring (bicyclic) bond motifs is 1. The molecule has 0 atom stereocenters. The van der Waals surface area contributed by atoms with Crippen LogP contribution in [0, 0.1) is 0 Å². The Morgan fingerprint density at radius 1 is 0.886 bits per heavy atom. The minimum absolute atomic E-state index is 0.0222. The Kier molecular flexibility index (Phi) is 6.90. The van der Waals surface area contributed by atoms with Crippen molar-refractivity contribution in [2.75, 3.05) is 32.0 Å². The number of primary sulfonamides is 1. The first-order valence-corrected chi connectivity index (χ1v) is 12.1. The molecule has 0 amide bonds. The Labute approximate surface area is 203 Å². The van der Waals surface area contributed by atoms with Crippen LogP contribution in [-0.4, -0.2) is 39.7 Å². The summed E-state index contributed by atoms with van der Waals surface area (Å²) in [7, 11) is 0.866. The first-order valence-electron chi connectivity index (χ1n) is 10.5. The summed E-state index contributed by atoms with van der Waals surface area (Å²) in [5.41, 5.74) is 2.05. The van der Waals surface area contributed by atoms with Crippen LogP contribution in [0.5, 0.6) is 17.2 Å². The van der Waals surface area contributed by atoms with E-state index < -0.39 is 10.0 Å². The van der Waals surface area contributed by atoms with E-state index in [-0.39, 0.29) is 10.8 Å². The quantitative estimate of drug-likeness (QED) is 0.317. The van der Waals surface area contributed by atoms with Crippen molar-refractivity contribution in [1.82, 2.24) is 9.97 Å². The summed E-state index contributed by atoms with van der Waals surface area (Å²) in [5, 5.41) is 12.4. The molecule has 0 unspecified atom stereocenters. The largest absolute Gasteiger partial charge is 0.497 e. The molecule has 11 heteroatoms. The lowest BCUT2D eigenvalue weighted by Crippen LogP contribution is -2.12. The van der Waals surface area contributed by atoms with Crippen molar-refractivity contribution >= 4 is 38.4 Å². The predicted octanol–water partition coefficient (Wildman–Crippen LogP) is 3.66. The van der Waals surface area contributed by atoms with Crippen molar-refractivity contribution in [2.24, 2.45) is 5.14 Å². The maximum absolute atomic E-state index is 11.7. The topological polar surface area (TPSA) is 138 Å². The van der Waals surface area contributed by atoms with E-state index in [1.54, 1.807) is 45.6 Å². The zero-order valence-corrected chi connectivity index (χ0v) is 20.2. The van der Waals surface area contributed by atoms with E-state index in [1.807, 2.05) is 24.3 Å². The number of nitrogens with zero attached hydrogens (tertiary/aromatic N) is 2. The molecular weight excluding hydrogens is 470 g/mol. The molecule has 0 saturated heterocycles. The Balaban J connectivity index is 1.75. The number of aromatic nitrogens is 2. The van der Waals surface area contributed by atoms with Crippen LogP contribution in [0.3, 0.4) is 0 Å². The van der Waals surface area contributed by atoms with Crippen LogP contribution in [0.4, 0.5) is 17.5 Å². The van der Waals surface area contributed by atoms with Crippen LogP contribution in [0.1, 0.15) is 5.56 Å².